The van der Waals surface area contributed by atoms with Gasteiger partial charge in [0, 0.05) is 24.8 Å². The van der Waals surface area contributed by atoms with Gasteiger partial charge < -0.3 is 15.5 Å². The molecule has 112 valence electrons. The molecule has 20 heavy (non-hydrogen) atoms. The zero-order valence-corrected chi connectivity index (χ0v) is 13.1. The van der Waals surface area contributed by atoms with Gasteiger partial charge in [-0.05, 0) is 56.7 Å². The number of nitrogens with zero attached hydrogens (tertiary/aromatic N) is 1. The third-order valence-corrected chi connectivity index (χ3v) is 3.59. The molecule has 1 aromatic carbocycles. The van der Waals surface area contributed by atoms with Crippen molar-refractivity contribution in [3.63, 3.8) is 0 Å². The number of hydrogen-bond donors (Lipinski definition) is 2. The summed E-state index contributed by atoms with van der Waals surface area (Å²) in [5.74, 6) is 0.0182. The minimum absolute atomic E-state index is 0.0182. The molecular formula is C16H27N3O. The first-order valence-corrected chi connectivity index (χ1v) is 7.41. The van der Waals surface area contributed by atoms with E-state index in [1.165, 1.54) is 0 Å². The van der Waals surface area contributed by atoms with E-state index < -0.39 is 0 Å². The lowest BCUT2D eigenvalue weighted by atomic mass is 10.1. The molecule has 4 heteroatoms. The van der Waals surface area contributed by atoms with Gasteiger partial charge in [-0.25, -0.2) is 0 Å². The molecule has 1 rings (SSSR count). The fraction of sp³-hybridized carbons (Fsp3) is 0.562. The molecule has 0 saturated heterocycles. The maximum atomic E-state index is 12.1. The Hall–Kier alpha value is -1.55. The standard InChI is InChI=1S/C16H27N3O/c1-5-19(6-2)11-7-10-18-16(20)15-9-8-14(17-4)12-13(15)3/h8-9,12,17H,5-7,10-11H2,1-4H3,(H,18,20). The molecule has 0 saturated carbocycles. The molecule has 0 unspecified atom stereocenters. The number of hydrogen-bond acceptors (Lipinski definition) is 3. The number of carbonyl (C=O) groups is 1. The average molecular weight is 277 g/mol. The summed E-state index contributed by atoms with van der Waals surface area (Å²) in [6, 6.07) is 5.80. The van der Waals surface area contributed by atoms with Crippen LogP contribution in [0.1, 0.15) is 36.2 Å². The molecule has 0 heterocycles. The second kappa shape index (κ2) is 8.59. The monoisotopic (exact) mass is 277 g/mol. The van der Waals surface area contributed by atoms with Crippen LogP contribution in [0.3, 0.4) is 0 Å². The Balaban J connectivity index is 2.43. The van der Waals surface area contributed by atoms with Gasteiger partial charge in [0.05, 0.1) is 0 Å². The number of amides is 1. The fourth-order valence-corrected chi connectivity index (χ4v) is 2.21. The highest BCUT2D eigenvalue weighted by molar-refractivity contribution is 5.96. The SMILES string of the molecule is CCN(CC)CCCNC(=O)c1ccc(NC)cc1C. The van der Waals surface area contributed by atoms with Gasteiger partial charge in [0.1, 0.15) is 0 Å². The van der Waals surface area contributed by atoms with Crippen molar-refractivity contribution in [3.05, 3.63) is 29.3 Å². The second-order valence-corrected chi connectivity index (χ2v) is 4.92. The lowest BCUT2D eigenvalue weighted by Gasteiger charge is -2.17. The maximum Gasteiger partial charge on any atom is 0.251 e. The Kier molecular flexibility index (Phi) is 7.09. The summed E-state index contributed by atoms with van der Waals surface area (Å²) in [6.07, 6.45) is 0.987. The average Bonchev–Trinajstić information content (AvgIpc) is 2.47. The Labute approximate surface area is 122 Å². The summed E-state index contributed by atoms with van der Waals surface area (Å²) in [5, 5.41) is 6.07. The molecule has 0 bridgehead atoms. The zero-order chi connectivity index (χ0) is 15.0. The third-order valence-electron chi connectivity index (χ3n) is 3.59. The van der Waals surface area contributed by atoms with Crippen molar-refractivity contribution in [2.45, 2.75) is 27.2 Å². The maximum absolute atomic E-state index is 12.1. The molecule has 0 aliphatic rings. The molecule has 0 spiro atoms. The highest BCUT2D eigenvalue weighted by atomic mass is 16.1. The van der Waals surface area contributed by atoms with Crippen molar-refractivity contribution in [1.82, 2.24) is 10.2 Å². The topological polar surface area (TPSA) is 44.4 Å². The Morgan fingerprint density at radius 3 is 2.50 bits per heavy atom. The molecule has 0 aromatic heterocycles. The summed E-state index contributed by atoms with van der Waals surface area (Å²) >= 11 is 0. The number of rotatable bonds is 8. The van der Waals surface area contributed by atoms with Crippen molar-refractivity contribution < 1.29 is 4.79 Å². The van der Waals surface area contributed by atoms with Gasteiger partial charge in [-0.15, -0.1) is 0 Å². The first-order valence-electron chi connectivity index (χ1n) is 7.41. The van der Waals surface area contributed by atoms with Gasteiger partial charge in [0.25, 0.3) is 5.91 Å². The Bertz CT molecular complexity index is 428. The van der Waals surface area contributed by atoms with Crippen molar-refractivity contribution in [3.8, 4) is 0 Å². The second-order valence-electron chi connectivity index (χ2n) is 4.92. The van der Waals surface area contributed by atoms with E-state index in [4.69, 9.17) is 0 Å². The molecule has 0 aliphatic heterocycles. The summed E-state index contributed by atoms with van der Waals surface area (Å²) in [4.78, 5) is 14.5. The van der Waals surface area contributed by atoms with Gasteiger partial charge in [0.2, 0.25) is 0 Å². The van der Waals surface area contributed by atoms with Crippen LogP contribution in [0.2, 0.25) is 0 Å². The van der Waals surface area contributed by atoms with Crippen LogP contribution in [0, 0.1) is 6.92 Å². The zero-order valence-electron chi connectivity index (χ0n) is 13.1. The predicted octanol–water partition coefficient (Wildman–Crippen LogP) is 2.50. The largest absolute Gasteiger partial charge is 0.388 e. The molecule has 0 fully saturated rings. The van der Waals surface area contributed by atoms with Crippen LogP contribution in [-0.4, -0.2) is 44.0 Å². The summed E-state index contributed by atoms with van der Waals surface area (Å²) in [6.45, 7) is 10.2. The van der Waals surface area contributed by atoms with Crippen LogP contribution in [0.5, 0.6) is 0 Å². The van der Waals surface area contributed by atoms with E-state index >= 15 is 0 Å². The van der Waals surface area contributed by atoms with Crippen LogP contribution in [0.4, 0.5) is 5.69 Å². The summed E-state index contributed by atoms with van der Waals surface area (Å²) in [7, 11) is 1.88. The van der Waals surface area contributed by atoms with Crippen LogP contribution >= 0.6 is 0 Å². The molecule has 2 N–H and O–H groups in total. The highest BCUT2D eigenvalue weighted by Crippen LogP contribution is 2.14. The van der Waals surface area contributed by atoms with Crippen molar-refractivity contribution in [2.75, 3.05) is 38.5 Å². The fourth-order valence-electron chi connectivity index (χ4n) is 2.21. The third kappa shape index (κ3) is 4.85. The van der Waals surface area contributed by atoms with Gasteiger partial charge in [-0.1, -0.05) is 13.8 Å². The van der Waals surface area contributed by atoms with Gasteiger partial charge >= 0.3 is 0 Å². The lowest BCUT2D eigenvalue weighted by Crippen LogP contribution is -2.30. The van der Waals surface area contributed by atoms with E-state index in [-0.39, 0.29) is 5.91 Å². The van der Waals surface area contributed by atoms with Crippen LogP contribution in [-0.2, 0) is 0 Å². The number of aryl methyl sites for hydroxylation is 1. The number of carbonyl (C=O) groups excluding carboxylic acids is 1. The van der Waals surface area contributed by atoms with Gasteiger partial charge in [-0.2, -0.15) is 0 Å². The summed E-state index contributed by atoms with van der Waals surface area (Å²) < 4.78 is 0. The quantitative estimate of drug-likeness (QED) is 0.718. The molecule has 0 aliphatic carbocycles. The highest BCUT2D eigenvalue weighted by Gasteiger charge is 2.08. The van der Waals surface area contributed by atoms with Gasteiger partial charge in [0.15, 0.2) is 0 Å². The van der Waals surface area contributed by atoms with Crippen molar-refractivity contribution in [2.24, 2.45) is 0 Å². The van der Waals surface area contributed by atoms with E-state index in [9.17, 15) is 4.79 Å². The first-order chi connectivity index (χ1) is 9.62. The van der Waals surface area contributed by atoms with E-state index in [0.717, 1.165) is 49.4 Å². The Morgan fingerprint density at radius 1 is 1.25 bits per heavy atom. The molecule has 0 radical (unpaired) electrons. The number of anilines is 1. The van der Waals surface area contributed by atoms with Gasteiger partial charge in [-0.3, -0.25) is 4.79 Å². The van der Waals surface area contributed by atoms with Crippen molar-refractivity contribution in [1.29, 1.82) is 0 Å². The van der Waals surface area contributed by atoms with E-state index in [2.05, 4.69) is 29.4 Å². The Morgan fingerprint density at radius 2 is 1.95 bits per heavy atom. The summed E-state index contributed by atoms with van der Waals surface area (Å²) in [5.41, 5.74) is 2.78. The normalized spacial score (nSPS) is 10.7. The van der Waals surface area contributed by atoms with Crippen LogP contribution < -0.4 is 10.6 Å². The molecule has 4 nitrogen and oxygen atoms in total. The van der Waals surface area contributed by atoms with Crippen LogP contribution in [0.15, 0.2) is 18.2 Å². The van der Waals surface area contributed by atoms with E-state index in [1.54, 1.807) is 0 Å². The number of benzene rings is 1. The van der Waals surface area contributed by atoms with Crippen LogP contribution in [0.25, 0.3) is 0 Å². The molecular weight excluding hydrogens is 250 g/mol. The lowest BCUT2D eigenvalue weighted by molar-refractivity contribution is 0.0951. The predicted molar refractivity (Wildman–Crippen MR) is 85.5 cm³/mol. The van der Waals surface area contributed by atoms with E-state index in [1.807, 2.05) is 32.2 Å². The minimum atomic E-state index is 0.0182. The minimum Gasteiger partial charge on any atom is -0.388 e. The number of nitrogens with one attached hydrogen (secondary N) is 2. The molecule has 0 atom stereocenters. The smallest absolute Gasteiger partial charge is 0.251 e. The van der Waals surface area contributed by atoms with E-state index in [0.29, 0.717) is 0 Å². The molecule has 1 aromatic rings. The first kappa shape index (κ1) is 16.5. The molecule has 1 amide bonds. The van der Waals surface area contributed by atoms with Crippen molar-refractivity contribution >= 4 is 11.6 Å².